The van der Waals surface area contributed by atoms with Crippen LogP contribution in [0.15, 0.2) is 83.2 Å². The van der Waals surface area contributed by atoms with E-state index in [0.717, 1.165) is 34.8 Å². The van der Waals surface area contributed by atoms with Gasteiger partial charge in [0, 0.05) is 29.0 Å². The van der Waals surface area contributed by atoms with Gasteiger partial charge in [-0.25, -0.2) is 4.68 Å². The third-order valence-electron chi connectivity index (χ3n) is 6.98. The minimum Gasteiger partial charge on any atom is -0.496 e. The molecule has 0 radical (unpaired) electrons. The van der Waals surface area contributed by atoms with Crippen molar-refractivity contribution in [3.63, 3.8) is 0 Å². The SMILES string of the molecule is COc1ccccc1C1C2=C(CC(C)(C)CC2=O)Nc2nc(SCc3cccc4ccccc34)nn21. The number of rotatable bonds is 5. The molecule has 1 N–H and O–H groups in total. The second-order valence-corrected chi connectivity index (χ2v) is 11.1. The number of nitrogens with one attached hydrogen (secondary N) is 1. The smallest absolute Gasteiger partial charge is 0.227 e. The number of para-hydroxylation sites is 1. The van der Waals surface area contributed by atoms with E-state index in [2.05, 4.69) is 61.6 Å². The van der Waals surface area contributed by atoms with Gasteiger partial charge in [-0.05, 0) is 34.2 Å². The lowest BCUT2D eigenvalue weighted by Gasteiger charge is -2.38. The number of anilines is 1. The molecule has 1 atom stereocenters. The number of allylic oxidation sites excluding steroid dienone is 2. The molecule has 1 aromatic heterocycles. The van der Waals surface area contributed by atoms with Crippen molar-refractivity contribution in [2.45, 2.75) is 43.6 Å². The molecule has 1 aliphatic carbocycles. The topological polar surface area (TPSA) is 69.0 Å². The second-order valence-electron chi connectivity index (χ2n) is 10.2. The Labute approximate surface area is 214 Å². The van der Waals surface area contributed by atoms with E-state index in [1.165, 1.54) is 16.3 Å². The van der Waals surface area contributed by atoms with Crippen LogP contribution in [0.4, 0.5) is 5.95 Å². The van der Waals surface area contributed by atoms with Crippen molar-refractivity contribution in [2.24, 2.45) is 5.41 Å². The first-order valence-electron chi connectivity index (χ1n) is 12.2. The number of carbonyl (C=O) groups is 1. The number of Topliss-reactive ketones (excluding diaryl/α,β-unsaturated/α-hetero) is 1. The average Bonchev–Trinajstić information content (AvgIpc) is 3.28. The van der Waals surface area contributed by atoms with Gasteiger partial charge in [-0.1, -0.05) is 86.3 Å². The minimum absolute atomic E-state index is 0.109. The standard InChI is InChI=1S/C29H28N4O2S/c1-29(2)15-22-25(23(34)16-29)26(21-13-6-7-14-24(21)35-3)33-27(30-22)31-28(32-33)36-17-19-11-8-10-18-9-4-5-12-20(18)19/h4-14,26H,15-17H2,1-3H3,(H,30,31,32). The first-order valence-corrected chi connectivity index (χ1v) is 13.1. The molecule has 7 heteroatoms. The maximum Gasteiger partial charge on any atom is 0.227 e. The Bertz CT molecular complexity index is 1520. The third-order valence-corrected chi connectivity index (χ3v) is 7.87. The molecule has 0 spiro atoms. The summed E-state index contributed by atoms with van der Waals surface area (Å²) >= 11 is 1.61. The minimum atomic E-state index is -0.379. The number of hydrogen-bond donors (Lipinski definition) is 1. The first-order chi connectivity index (χ1) is 17.4. The maximum atomic E-state index is 13.5. The van der Waals surface area contributed by atoms with Gasteiger partial charge in [-0.2, -0.15) is 4.98 Å². The monoisotopic (exact) mass is 496 g/mol. The molecule has 6 rings (SSSR count). The van der Waals surface area contributed by atoms with E-state index in [4.69, 9.17) is 14.8 Å². The molecule has 1 unspecified atom stereocenters. The molecule has 36 heavy (non-hydrogen) atoms. The summed E-state index contributed by atoms with van der Waals surface area (Å²) in [5.74, 6) is 2.30. The second kappa shape index (κ2) is 8.82. The molecule has 2 heterocycles. The highest BCUT2D eigenvalue weighted by atomic mass is 32.2. The van der Waals surface area contributed by atoms with Crippen LogP contribution < -0.4 is 10.1 Å². The van der Waals surface area contributed by atoms with Crippen LogP contribution in [-0.2, 0) is 10.5 Å². The number of ether oxygens (including phenoxy) is 1. The summed E-state index contributed by atoms with van der Waals surface area (Å²) < 4.78 is 7.56. The Balaban J connectivity index is 1.39. The van der Waals surface area contributed by atoms with Crippen molar-refractivity contribution in [1.82, 2.24) is 14.8 Å². The fourth-order valence-electron chi connectivity index (χ4n) is 5.39. The Morgan fingerprint density at radius 1 is 1.06 bits per heavy atom. The van der Waals surface area contributed by atoms with E-state index in [9.17, 15) is 4.79 Å². The van der Waals surface area contributed by atoms with Crippen LogP contribution in [-0.4, -0.2) is 27.7 Å². The van der Waals surface area contributed by atoms with Crippen LogP contribution in [0.2, 0.25) is 0 Å². The number of methoxy groups -OCH3 is 1. The van der Waals surface area contributed by atoms with Gasteiger partial charge in [-0.15, -0.1) is 5.10 Å². The summed E-state index contributed by atoms with van der Waals surface area (Å²) in [5, 5.41) is 11.5. The summed E-state index contributed by atoms with van der Waals surface area (Å²) in [7, 11) is 1.66. The lowest BCUT2D eigenvalue weighted by atomic mass is 9.73. The number of hydrogen-bond acceptors (Lipinski definition) is 6. The zero-order valence-corrected chi connectivity index (χ0v) is 21.4. The molecule has 0 saturated heterocycles. The summed E-state index contributed by atoms with van der Waals surface area (Å²) in [4.78, 5) is 18.3. The molecule has 4 aromatic rings. The van der Waals surface area contributed by atoms with Crippen molar-refractivity contribution in [1.29, 1.82) is 0 Å². The molecular weight excluding hydrogens is 468 g/mol. The number of thioether (sulfide) groups is 1. The number of carbonyl (C=O) groups excluding carboxylic acids is 1. The zero-order valence-electron chi connectivity index (χ0n) is 20.6. The Morgan fingerprint density at radius 2 is 1.83 bits per heavy atom. The molecular formula is C29H28N4O2S. The number of nitrogens with zero attached hydrogens (tertiary/aromatic N) is 3. The molecule has 0 bridgehead atoms. The van der Waals surface area contributed by atoms with Gasteiger partial charge in [-0.3, -0.25) is 4.79 Å². The van der Waals surface area contributed by atoms with Crippen molar-refractivity contribution in [3.8, 4) is 5.75 Å². The molecule has 6 nitrogen and oxygen atoms in total. The highest BCUT2D eigenvalue weighted by Crippen LogP contribution is 2.47. The number of aromatic nitrogens is 3. The number of fused-ring (bicyclic) bond motifs is 2. The third kappa shape index (κ3) is 3.97. The number of ketones is 1. The average molecular weight is 497 g/mol. The Kier molecular flexibility index (Phi) is 5.60. The van der Waals surface area contributed by atoms with Gasteiger partial charge in [0.15, 0.2) is 5.78 Å². The van der Waals surface area contributed by atoms with Crippen molar-refractivity contribution >= 4 is 34.3 Å². The summed E-state index contributed by atoms with van der Waals surface area (Å²) in [6, 6.07) is 22.3. The van der Waals surface area contributed by atoms with E-state index in [-0.39, 0.29) is 17.2 Å². The fraction of sp³-hybridized carbons (Fsp3) is 0.276. The highest BCUT2D eigenvalue weighted by molar-refractivity contribution is 7.98. The highest BCUT2D eigenvalue weighted by Gasteiger charge is 2.42. The Morgan fingerprint density at radius 3 is 2.69 bits per heavy atom. The normalized spacial score (nSPS) is 18.5. The quantitative estimate of drug-likeness (QED) is 0.323. The molecule has 0 fully saturated rings. The fourth-order valence-corrected chi connectivity index (χ4v) is 6.22. The van der Waals surface area contributed by atoms with Crippen LogP contribution in [0.5, 0.6) is 5.75 Å². The first kappa shape index (κ1) is 22.9. The predicted octanol–water partition coefficient (Wildman–Crippen LogP) is 6.39. The van der Waals surface area contributed by atoms with Crippen LogP contribution >= 0.6 is 11.8 Å². The number of benzene rings is 3. The zero-order chi connectivity index (χ0) is 24.9. The van der Waals surface area contributed by atoms with Crippen molar-refractivity contribution < 1.29 is 9.53 Å². The van der Waals surface area contributed by atoms with Crippen molar-refractivity contribution in [3.05, 3.63) is 89.1 Å². The van der Waals surface area contributed by atoms with E-state index in [0.29, 0.717) is 17.5 Å². The molecule has 182 valence electrons. The maximum absolute atomic E-state index is 13.5. The molecule has 0 saturated carbocycles. The van der Waals surface area contributed by atoms with Gasteiger partial charge >= 0.3 is 0 Å². The van der Waals surface area contributed by atoms with Crippen LogP contribution in [0.1, 0.15) is 43.9 Å². The van der Waals surface area contributed by atoms with Gasteiger partial charge < -0.3 is 10.1 Å². The predicted molar refractivity (Wildman–Crippen MR) is 143 cm³/mol. The molecule has 3 aromatic carbocycles. The summed E-state index contributed by atoms with van der Waals surface area (Å²) in [6.45, 7) is 4.28. The van der Waals surface area contributed by atoms with E-state index < -0.39 is 0 Å². The van der Waals surface area contributed by atoms with Crippen LogP contribution in [0.25, 0.3) is 10.8 Å². The summed E-state index contributed by atoms with van der Waals surface area (Å²) in [5.41, 5.74) is 3.76. The van der Waals surface area contributed by atoms with Gasteiger partial charge in [0.2, 0.25) is 11.1 Å². The molecule has 1 aliphatic heterocycles. The van der Waals surface area contributed by atoms with E-state index in [1.807, 2.05) is 28.9 Å². The lowest BCUT2D eigenvalue weighted by Crippen LogP contribution is -2.36. The largest absolute Gasteiger partial charge is 0.496 e. The molecule has 2 aliphatic rings. The molecule has 0 amide bonds. The van der Waals surface area contributed by atoms with E-state index >= 15 is 0 Å². The Hall–Kier alpha value is -3.58. The van der Waals surface area contributed by atoms with E-state index in [1.54, 1.807) is 18.9 Å². The lowest BCUT2D eigenvalue weighted by molar-refractivity contribution is -0.118. The summed E-state index contributed by atoms with van der Waals surface area (Å²) in [6.07, 6.45) is 1.29. The van der Waals surface area contributed by atoms with Gasteiger partial charge in [0.25, 0.3) is 0 Å². The van der Waals surface area contributed by atoms with Crippen molar-refractivity contribution in [2.75, 3.05) is 12.4 Å². The van der Waals surface area contributed by atoms with Gasteiger partial charge in [0.1, 0.15) is 11.8 Å². The van der Waals surface area contributed by atoms with Crippen LogP contribution in [0.3, 0.4) is 0 Å². The van der Waals surface area contributed by atoms with Gasteiger partial charge in [0.05, 0.1) is 7.11 Å². The van der Waals surface area contributed by atoms with Crippen LogP contribution in [0, 0.1) is 5.41 Å².